The molecule has 244 valence electrons. The molecule has 12 nitrogen and oxygen atoms in total. The highest BCUT2D eigenvalue weighted by molar-refractivity contribution is 7.92. The average molecular weight is 661 g/mol. The highest BCUT2D eigenvalue weighted by Gasteiger charge is 2.25. The Balaban J connectivity index is 1.59. The summed E-state index contributed by atoms with van der Waals surface area (Å²) in [5.74, 6) is 1.55. The monoisotopic (exact) mass is 660 g/mol. The van der Waals surface area contributed by atoms with E-state index in [0.29, 0.717) is 36.0 Å². The molecule has 14 heteroatoms. The van der Waals surface area contributed by atoms with Gasteiger partial charge in [-0.1, -0.05) is 11.6 Å². The van der Waals surface area contributed by atoms with E-state index in [1.807, 2.05) is 12.1 Å². The number of sulfone groups is 1. The summed E-state index contributed by atoms with van der Waals surface area (Å²) < 4.78 is 43.0. The third-order valence-electron chi connectivity index (χ3n) is 7.45. The molecule has 2 N–H and O–H groups in total. The molecular formula is C31H41ClN6O6S. The molecule has 0 saturated heterocycles. The van der Waals surface area contributed by atoms with Crippen molar-refractivity contribution < 1.29 is 27.4 Å². The number of rotatable bonds is 13. The molecule has 0 spiro atoms. The van der Waals surface area contributed by atoms with Crippen molar-refractivity contribution in [3.63, 3.8) is 0 Å². The number of fused-ring (bicyclic) bond motifs is 1. The van der Waals surface area contributed by atoms with Gasteiger partial charge in [-0.15, -0.1) is 0 Å². The van der Waals surface area contributed by atoms with Gasteiger partial charge in [0.25, 0.3) is 0 Å². The maximum atomic E-state index is 13.3. The van der Waals surface area contributed by atoms with Crippen LogP contribution >= 0.6 is 11.6 Å². The minimum atomic E-state index is -3.71. The number of nitrogens with zero attached hydrogens (tertiary/aromatic N) is 4. The number of aromatic nitrogens is 2. The minimum Gasteiger partial charge on any atom is -0.495 e. The molecule has 0 saturated carbocycles. The Bertz CT molecular complexity index is 1620. The van der Waals surface area contributed by atoms with Gasteiger partial charge in [0.05, 0.1) is 48.0 Å². The Labute approximate surface area is 270 Å². The predicted octanol–water partition coefficient (Wildman–Crippen LogP) is 4.32. The molecule has 4 rings (SSSR count). The number of hydrogen-bond acceptors (Lipinski definition) is 11. The maximum absolute atomic E-state index is 13.3. The zero-order chi connectivity index (χ0) is 32.7. The standard InChI is InChI=1S/C31H41ClN6O6S/c1-20(2)45(40,41)28-17-23(44-14-13-42-5)7-8-25(28)34-30-24(32)18-33-31(36-30)35-26-15-21-9-11-38(19-29(39)37(3)4)12-10-22(21)16-27(26)43-6/h7-8,15-18,20H,9-14,19H2,1-6H3,(H2,33,34,35,36). The highest BCUT2D eigenvalue weighted by Crippen LogP contribution is 2.35. The Morgan fingerprint density at radius 2 is 1.76 bits per heavy atom. The molecule has 1 aromatic heterocycles. The lowest BCUT2D eigenvalue weighted by molar-refractivity contribution is -0.129. The number of halogens is 1. The van der Waals surface area contributed by atoms with Crippen molar-refractivity contribution in [1.82, 2.24) is 19.8 Å². The molecule has 1 aliphatic heterocycles. The van der Waals surface area contributed by atoms with Crippen LogP contribution in [0.3, 0.4) is 0 Å². The second kappa shape index (κ2) is 15.1. The van der Waals surface area contributed by atoms with Crippen LogP contribution in [0.2, 0.25) is 5.02 Å². The first-order chi connectivity index (χ1) is 21.4. The van der Waals surface area contributed by atoms with E-state index in [9.17, 15) is 13.2 Å². The van der Waals surface area contributed by atoms with Crippen LogP contribution in [0.1, 0.15) is 25.0 Å². The number of likely N-dealkylation sites (N-methyl/N-ethyl adjacent to an activating group) is 1. The summed E-state index contributed by atoms with van der Waals surface area (Å²) in [5, 5.41) is 5.85. The van der Waals surface area contributed by atoms with Crippen molar-refractivity contribution in [3.8, 4) is 11.5 Å². The van der Waals surface area contributed by atoms with Crippen molar-refractivity contribution in [2.45, 2.75) is 36.8 Å². The summed E-state index contributed by atoms with van der Waals surface area (Å²) in [6.45, 7) is 5.77. The van der Waals surface area contributed by atoms with E-state index in [2.05, 4.69) is 25.5 Å². The number of nitrogens with one attached hydrogen (secondary N) is 2. The number of amides is 1. The summed E-state index contributed by atoms with van der Waals surface area (Å²) in [6.07, 6.45) is 2.99. The maximum Gasteiger partial charge on any atom is 0.236 e. The van der Waals surface area contributed by atoms with E-state index in [-0.39, 0.29) is 34.2 Å². The summed E-state index contributed by atoms with van der Waals surface area (Å²) in [6, 6.07) is 8.80. The highest BCUT2D eigenvalue weighted by atomic mass is 35.5. The molecule has 1 amide bonds. The summed E-state index contributed by atoms with van der Waals surface area (Å²) in [5.41, 5.74) is 3.27. The van der Waals surface area contributed by atoms with Crippen molar-refractivity contribution in [1.29, 1.82) is 0 Å². The molecule has 0 bridgehead atoms. The molecule has 2 heterocycles. The molecule has 0 unspecified atom stereocenters. The second-order valence-electron chi connectivity index (χ2n) is 11.1. The zero-order valence-electron chi connectivity index (χ0n) is 26.5. The molecule has 45 heavy (non-hydrogen) atoms. The Morgan fingerprint density at radius 1 is 1.04 bits per heavy atom. The quantitative estimate of drug-likeness (QED) is 0.254. The molecule has 0 aliphatic carbocycles. The number of ether oxygens (including phenoxy) is 3. The van der Waals surface area contributed by atoms with Crippen molar-refractivity contribution >= 4 is 50.5 Å². The molecule has 0 fully saturated rings. The molecule has 0 radical (unpaired) electrons. The minimum absolute atomic E-state index is 0.0605. The fourth-order valence-corrected chi connectivity index (χ4v) is 6.10. The second-order valence-corrected chi connectivity index (χ2v) is 14.0. The topological polar surface area (TPSA) is 135 Å². The van der Waals surface area contributed by atoms with Gasteiger partial charge in [-0.25, -0.2) is 13.4 Å². The van der Waals surface area contributed by atoms with E-state index in [4.69, 9.17) is 25.8 Å². The Kier molecular flexibility index (Phi) is 11.5. The van der Waals surface area contributed by atoms with E-state index in [1.165, 1.54) is 12.3 Å². The summed E-state index contributed by atoms with van der Waals surface area (Å²) in [4.78, 5) is 25.0. The van der Waals surface area contributed by atoms with Crippen LogP contribution in [0.5, 0.6) is 11.5 Å². The number of anilines is 4. The summed E-state index contributed by atoms with van der Waals surface area (Å²) in [7, 11) is 2.98. The SMILES string of the molecule is COCCOc1ccc(Nc2nc(Nc3cc4c(cc3OC)CCN(CC(=O)N(C)C)CC4)ncc2Cl)c(S(=O)(=O)C(C)C)c1. The smallest absolute Gasteiger partial charge is 0.236 e. The lowest BCUT2D eigenvalue weighted by Gasteiger charge is -2.21. The van der Waals surface area contributed by atoms with Crippen molar-refractivity contribution in [2.75, 3.05) is 71.8 Å². The van der Waals surface area contributed by atoms with Gasteiger partial charge in [0, 0.05) is 40.4 Å². The van der Waals surface area contributed by atoms with Gasteiger partial charge in [0.2, 0.25) is 11.9 Å². The van der Waals surface area contributed by atoms with Gasteiger partial charge >= 0.3 is 0 Å². The average Bonchev–Trinajstić information content (AvgIpc) is 3.20. The Morgan fingerprint density at radius 3 is 2.40 bits per heavy atom. The summed E-state index contributed by atoms with van der Waals surface area (Å²) >= 11 is 6.48. The zero-order valence-corrected chi connectivity index (χ0v) is 28.1. The molecule has 1 aliphatic rings. The number of benzene rings is 2. The van der Waals surface area contributed by atoms with Crippen LogP contribution in [-0.2, 0) is 32.2 Å². The number of methoxy groups -OCH3 is 2. The van der Waals surface area contributed by atoms with Crippen LogP contribution in [0.4, 0.5) is 23.1 Å². The van der Waals surface area contributed by atoms with Gasteiger partial charge in [-0.2, -0.15) is 4.98 Å². The van der Waals surface area contributed by atoms with Crippen LogP contribution in [0, 0.1) is 0 Å². The first-order valence-corrected chi connectivity index (χ1v) is 16.5. The van der Waals surface area contributed by atoms with Gasteiger partial charge in [0.15, 0.2) is 15.7 Å². The lowest BCUT2D eigenvalue weighted by Crippen LogP contribution is -2.37. The van der Waals surface area contributed by atoms with Gasteiger partial charge in [-0.3, -0.25) is 9.69 Å². The fourth-order valence-electron chi connectivity index (χ4n) is 4.75. The first kappa shape index (κ1) is 34.2. The normalized spacial score (nSPS) is 13.6. The van der Waals surface area contributed by atoms with E-state index >= 15 is 0 Å². The van der Waals surface area contributed by atoms with Gasteiger partial charge < -0.3 is 29.7 Å². The third kappa shape index (κ3) is 8.54. The van der Waals surface area contributed by atoms with Crippen molar-refractivity contribution in [2.24, 2.45) is 0 Å². The third-order valence-corrected chi connectivity index (χ3v) is 9.92. The molecule has 3 aromatic rings. The molecular weight excluding hydrogens is 620 g/mol. The lowest BCUT2D eigenvalue weighted by atomic mass is 10.0. The van der Waals surface area contributed by atoms with Crippen LogP contribution in [0.25, 0.3) is 0 Å². The van der Waals surface area contributed by atoms with Crippen LogP contribution in [0.15, 0.2) is 41.4 Å². The predicted molar refractivity (Wildman–Crippen MR) is 175 cm³/mol. The molecule has 0 atom stereocenters. The Hall–Kier alpha value is -3.65. The number of carbonyl (C=O) groups is 1. The largest absolute Gasteiger partial charge is 0.495 e. The van der Waals surface area contributed by atoms with Crippen LogP contribution < -0.4 is 20.1 Å². The van der Waals surface area contributed by atoms with E-state index in [1.54, 1.807) is 59.2 Å². The number of carbonyl (C=O) groups excluding carboxylic acids is 1. The van der Waals surface area contributed by atoms with E-state index in [0.717, 1.165) is 37.1 Å². The van der Waals surface area contributed by atoms with Gasteiger partial charge in [-0.05, 0) is 62.1 Å². The fraction of sp³-hybridized carbons (Fsp3) is 0.452. The number of hydrogen-bond donors (Lipinski definition) is 2. The van der Waals surface area contributed by atoms with Crippen LogP contribution in [-0.4, -0.2) is 101 Å². The van der Waals surface area contributed by atoms with Crippen molar-refractivity contribution in [3.05, 3.63) is 52.7 Å². The van der Waals surface area contributed by atoms with E-state index < -0.39 is 15.1 Å². The molecule has 2 aromatic carbocycles. The first-order valence-electron chi connectivity index (χ1n) is 14.6. The van der Waals surface area contributed by atoms with Gasteiger partial charge in [0.1, 0.15) is 23.1 Å².